The number of para-hydroxylation sites is 1. The van der Waals surface area contributed by atoms with Gasteiger partial charge >= 0.3 is 5.69 Å². The maximum atomic E-state index is 12.8. The van der Waals surface area contributed by atoms with Gasteiger partial charge in [0.1, 0.15) is 0 Å². The number of rotatable bonds is 7. The summed E-state index contributed by atoms with van der Waals surface area (Å²) >= 11 is 6.25. The van der Waals surface area contributed by atoms with Gasteiger partial charge < -0.3 is 10.1 Å². The van der Waals surface area contributed by atoms with Gasteiger partial charge in [-0.3, -0.25) is 24.5 Å². The number of anilines is 1. The fraction of sp³-hybridized carbons (Fsp3) is 0.280. The van der Waals surface area contributed by atoms with Crippen LogP contribution in [0.4, 0.5) is 11.4 Å². The Morgan fingerprint density at radius 2 is 1.89 bits per heavy atom. The molecule has 184 valence electrons. The maximum Gasteiger partial charge on any atom is 0.313 e. The molecule has 2 aromatic carbocycles. The van der Waals surface area contributed by atoms with Crippen molar-refractivity contribution in [2.24, 2.45) is 28.8 Å². The van der Waals surface area contributed by atoms with Crippen molar-refractivity contribution in [1.29, 1.82) is 0 Å². The van der Waals surface area contributed by atoms with Gasteiger partial charge in [0.05, 0.1) is 28.0 Å². The monoisotopic (exact) mass is 508 g/mol. The molecule has 1 heterocycles. The second-order valence-electron chi connectivity index (χ2n) is 8.99. The van der Waals surface area contributed by atoms with E-state index >= 15 is 0 Å². The van der Waals surface area contributed by atoms with E-state index < -0.39 is 35.0 Å². The molecule has 0 radical (unpaired) electrons. The van der Waals surface area contributed by atoms with E-state index in [1.54, 1.807) is 12.1 Å². The molecule has 2 aliphatic carbocycles. The zero-order chi connectivity index (χ0) is 25.6. The summed E-state index contributed by atoms with van der Waals surface area (Å²) < 4.78 is 5.40. The Labute approximate surface area is 210 Å². The number of carbonyl (C=O) groups excluding carboxylic acids is 3. The van der Waals surface area contributed by atoms with Crippen LogP contribution in [0.2, 0.25) is 5.02 Å². The summed E-state index contributed by atoms with van der Waals surface area (Å²) in [4.78, 5) is 48.8. The van der Waals surface area contributed by atoms with Gasteiger partial charge in [0.2, 0.25) is 5.75 Å². The van der Waals surface area contributed by atoms with Crippen LogP contribution in [0.5, 0.6) is 5.75 Å². The number of fused-ring (bicyclic) bond motifs is 5. The fourth-order valence-electron chi connectivity index (χ4n) is 5.11. The minimum absolute atomic E-state index is 0.0478. The van der Waals surface area contributed by atoms with Crippen molar-refractivity contribution in [3.05, 3.63) is 74.8 Å². The standard InChI is InChI=1S/C25H21ClN4O6/c1-13-4-2-3-5-18(13)28-20(31)12-36-23-17(26)8-14(9-19(23)30(34)35)11-27-29-24(32)21-15-6-7-16(10-15)22(21)25(29)33/h2-9,11,15-16,21-22H,10,12H2,1H3,(H,28,31)/t15-,16-,21-,22+/m0/s1. The van der Waals surface area contributed by atoms with Crippen molar-refractivity contribution in [2.75, 3.05) is 11.9 Å². The van der Waals surface area contributed by atoms with Crippen molar-refractivity contribution in [1.82, 2.24) is 5.01 Å². The van der Waals surface area contributed by atoms with Gasteiger partial charge in [-0.2, -0.15) is 10.1 Å². The normalized spacial score (nSPS) is 24.0. The zero-order valence-electron chi connectivity index (χ0n) is 19.1. The van der Waals surface area contributed by atoms with Crippen LogP contribution in [0, 0.1) is 40.7 Å². The van der Waals surface area contributed by atoms with E-state index in [0.717, 1.165) is 23.1 Å². The molecule has 1 saturated heterocycles. The summed E-state index contributed by atoms with van der Waals surface area (Å²) in [6.07, 6.45) is 5.94. The first-order valence-corrected chi connectivity index (χ1v) is 11.7. The van der Waals surface area contributed by atoms with E-state index in [-0.39, 0.29) is 40.0 Å². The highest BCUT2D eigenvalue weighted by atomic mass is 35.5. The van der Waals surface area contributed by atoms with Crippen LogP contribution in [0.15, 0.2) is 53.7 Å². The number of nitrogens with one attached hydrogen (secondary N) is 1. The van der Waals surface area contributed by atoms with Crippen LogP contribution in [-0.4, -0.2) is 40.5 Å². The molecule has 1 aliphatic heterocycles. The van der Waals surface area contributed by atoms with Gasteiger partial charge in [-0.25, -0.2) is 0 Å². The minimum atomic E-state index is -0.697. The predicted octanol–water partition coefficient (Wildman–Crippen LogP) is 3.72. The lowest BCUT2D eigenvalue weighted by Crippen LogP contribution is -2.28. The molecule has 3 aliphatic rings. The number of amides is 3. The first-order valence-electron chi connectivity index (χ1n) is 11.3. The molecular formula is C25H21ClN4O6. The average molecular weight is 509 g/mol. The molecule has 4 atom stereocenters. The van der Waals surface area contributed by atoms with Gasteiger partial charge in [-0.15, -0.1) is 0 Å². The summed E-state index contributed by atoms with van der Waals surface area (Å²) in [6.45, 7) is 1.33. The third kappa shape index (κ3) is 4.13. The van der Waals surface area contributed by atoms with E-state index in [2.05, 4.69) is 10.4 Å². The lowest BCUT2D eigenvalue weighted by Gasteiger charge is -2.13. The molecule has 1 N–H and O–H groups in total. The zero-order valence-corrected chi connectivity index (χ0v) is 19.8. The van der Waals surface area contributed by atoms with Crippen molar-refractivity contribution in [3.8, 4) is 5.75 Å². The lowest BCUT2D eigenvalue weighted by molar-refractivity contribution is -0.385. The highest BCUT2D eigenvalue weighted by Crippen LogP contribution is 2.52. The van der Waals surface area contributed by atoms with Crippen LogP contribution in [0.1, 0.15) is 17.5 Å². The average Bonchev–Trinajstić information content (AvgIpc) is 3.52. The van der Waals surface area contributed by atoms with Gasteiger partial charge in [-0.1, -0.05) is 42.0 Å². The van der Waals surface area contributed by atoms with Crippen LogP contribution < -0.4 is 10.1 Å². The Bertz CT molecular complexity index is 1330. The molecule has 0 spiro atoms. The number of nitro benzene ring substituents is 1. The second kappa shape index (κ2) is 9.19. The van der Waals surface area contributed by atoms with Crippen LogP contribution in [0.25, 0.3) is 0 Å². The van der Waals surface area contributed by atoms with Gasteiger partial charge in [0, 0.05) is 17.3 Å². The Hall–Kier alpha value is -4.05. The van der Waals surface area contributed by atoms with Crippen molar-refractivity contribution >= 4 is 46.9 Å². The summed E-state index contributed by atoms with van der Waals surface area (Å²) in [5, 5.41) is 19.1. The summed E-state index contributed by atoms with van der Waals surface area (Å²) in [6, 6.07) is 9.65. The number of imide groups is 1. The van der Waals surface area contributed by atoms with E-state index in [0.29, 0.717) is 5.69 Å². The third-order valence-corrected chi connectivity index (χ3v) is 7.06. The molecule has 36 heavy (non-hydrogen) atoms. The highest BCUT2D eigenvalue weighted by Gasteiger charge is 2.59. The summed E-state index contributed by atoms with van der Waals surface area (Å²) in [7, 11) is 0. The number of carbonyl (C=O) groups is 3. The quantitative estimate of drug-likeness (QED) is 0.199. The Morgan fingerprint density at radius 3 is 2.53 bits per heavy atom. The molecule has 5 rings (SSSR count). The number of hydrogen-bond acceptors (Lipinski definition) is 7. The van der Waals surface area contributed by atoms with Gasteiger partial charge in [0.15, 0.2) is 6.61 Å². The van der Waals surface area contributed by atoms with E-state index in [1.165, 1.54) is 12.3 Å². The van der Waals surface area contributed by atoms with Crippen molar-refractivity contribution < 1.29 is 24.0 Å². The van der Waals surface area contributed by atoms with Crippen LogP contribution >= 0.6 is 11.6 Å². The predicted molar refractivity (Wildman–Crippen MR) is 131 cm³/mol. The number of ether oxygens (including phenoxy) is 1. The molecular weight excluding hydrogens is 488 g/mol. The topological polar surface area (TPSA) is 131 Å². The molecule has 2 aromatic rings. The molecule has 2 bridgehead atoms. The van der Waals surface area contributed by atoms with Crippen LogP contribution in [-0.2, 0) is 14.4 Å². The Balaban J connectivity index is 1.31. The molecule has 0 aromatic heterocycles. The number of halogens is 1. The molecule has 0 unspecified atom stereocenters. The lowest BCUT2D eigenvalue weighted by atomic mass is 9.85. The van der Waals surface area contributed by atoms with E-state index in [4.69, 9.17) is 16.3 Å². The number of nitro groups is 1. The maximum absolute atomic E-state index is 12.8. The molecule has 11 heteroatoms. The van der Waals surface area contributed by atoms with Crippen molar-refractivity contribution in [2.45, 2.75) is 13.3 Å². The largest absolute Gasteiger partial charge is 0.476 e. The van der Waals surface area contributed by atoms with Crippen molar-refractivity contribution in [3.63, 3.8) is 0 Å². The smallest absolute Gasteiger partial charge is 0.313 e. The minimum Gasteiger partial charge on any atom is -0.476 e. The number of aryl methyl sites for hydroxylation is 1. The van der Waals surface area contributed by atoms with E-state index in [9.17, 15) is 24.5 Å². The fourth-order valence-corrected chi connectivity index (χ4v) is 5.39. The Kier molecular flexibility index (Phi) is 6.05. The van der Waals surface area contributed by atoms with Gasteiger partial charge in [-0.05, 0) is 42.9 Å². The number of hydrogen-bond donors (Lipinski definition) is 1. The van der Waals surface area contributed by atoms with Gasteiger partial charge in [0.25, 0.3) is 17.7 Å². The first-order chi connectivity index (χ1) is 17.2. The summed E-state index contributed by atoms with van der Waals surface area (Å²) in [5.41, 5.74) is 1.16. The molecule has 1 saturated carbocycles. The number of benzene rings is 2. The molecule has 2 fully saturated rings. The SMILES string of the molecule is Cc1ccccc1NC(=O)COc1c(Cl)cc(C=NN2C(=O)[C@@H]3[C@H](C2=O)[C@H]2C=C[C@H]3C2)cc1[N+](=O)[O-]. The highest BCUT2D eigenvalue weighted by molar-refractivity contribution is 6.32. The third-order valence-electron chi connectivity index (χ3n) is 6.78. The summed E-state index contributed by atoms with van der Waals surface area (Å²) in [5.74, 6) is -2.21. The molecule has 3 amide bonds. The molecule has 10 nitrogen and oxygen atoms in total. The first kappa shape index (κ1) is 23.7. The van der Waals surface area contributed by atoms with Crippen LogP contribution in [0.3, 0.4) is 0 Å². The Morgan fingerprint density at radius 1 is 1.22 bits per heavy atom. The number of allylic oxidation sites excluding steroid dienone is 2. The number of hydrazone groups is 1. The second-order valence-corrected chi connectivity index (χ2v) is 9.40. The number of nitrogens with zero attached hydrogens (tertiary/aromatic N) is 3. The van der Waals surface area contributed by atoms with E-state index in [1.807, 2.05) is 31.2 Å².